The standard InChI is InChI=1S/C13H9N3O3/c17-10-3-1-2-9-11(10)12(18)16(13(19)15-9)8-4-6-14-7-5-8/h1-7,17H,(H,15,19). The molecule has 6 heteroatoms. The Morgan fingerprint density at radius 1 is 1.11 bits per heavy atom. The van der Waals surface area contributed by atoms with Crippen LogP contribution < -0.4 is 11.2 Å². The first kappa shape index (κ1) is 11.2. The van der Waals surface area contributed by atoms with Gasteiger partial charge in [-0.2, -0.15) is 0 Å². The maximum Gasteiger partial charge on any atom is 0.333 e. The molecule has 0 fully saturated rings. The van der Waals surface area contributed by atoms with E-state index < -0.39 is 11.2 Å². The van der Waals surface area contributed by atoms with Crippen LogP contribution in [0.4, 0.5) is 0 Å². The first-order valence-corrected chi connectivity index (χ1v) is 5.56. The lowest BCUT2D eigenvalue weighted by molar-refractivity contribution is 0.481. The van der Waals surface area contributed by atoms with Crippen molar-refractivity contribution in [2.45, 2.75) is 0 Å². The molecule has 3 aromatic rings. The summed E-state index contributed by atoms with van der Waals surface area (Å²) in [6.07, 6.45) is 2.96. The van der Waals surface area contributed by atoms with Crippen LogP contribution in [-0.4, -0.2) is 19.6 Å². The second-order valence-electron chi connectivity index (χ2n) is 3.98. The van der Waals surface area contributed by atoms with Crippen LogP contribution in [0.5, 0.6) is 5.75 Å². The first-order chi connectivity index (χ1) is 9.18. The number of benzene rings is 1. The van der Waals surface area contributed by atoms with Crippen molar-refractivity contribution in [3.8, 4) is 11.4 Å². The molecule has 0 spiro atoms. The van der Waals surface area contributed by atoms with E-state index in [0.717, 1.165) is 4.57 Å². The van der Waals surface area contributed by atoms with Gasteiger partial charge in [-0.25, -0.2) is 9.36 Å². The van der Waals surface area contributed by atoms with Gasteiger partial charge in [0.1, 0.15) is 11.1 Å². The van der Waals surface area contributed by atoms with Gasteiger partial charge in [-0.05, 0) is 24.3 Å². The Labute approximate surface area is 106 Å². The number of H-pyrrole nitrogens is 1. The highest BCUT2D eigenvalue weighted by Gasteiger charge is 2.11. The number of hydrogen-bond donors (Lipinski definition) is 2. The van der Waals surface area contributed by atoms with E-state index in [-0.39, 0.29) is 11.1 Å². The fraction of sp³-hybridized carbons (Fsp3) is 0. The molecule has 6 nitrogen and oxygen atoms in total. The van der Waals surface area contributed by atoms with Crippen molar-refractivity contribution in [2.75, 3.05) is 0 Å². The summed E-state index contributed by atoms with van der Waals surface area (Å²) < 4.78 is 0.962. The number of pyridine rings is 1. The zero-order chi connectivity index (χ0) is 13.4. The van der Waals surface area contributed by atoms with Crippen molar-refractivity contribution in [1.29, 1.82) is 0 Å². The lowest BCUT2D eigenvalue weighted by Crippen LogP contribution is -2.33. The SMILES string of the molecule is O=c1[nH]c2cccc(O)c2c(=O)n1-c1ccncc1. The molecule has 0 bridgehead atoms. The zero-order valence-corrected chi connectivity index (χ0v) is 9.70. The lowest BCUT2D eigenvalue weighted by Gasteiger charge is -2.06. The van der Waals surface area contributed by atoms with Gasteiger partial charge in [-0.3, -0.25) is 9.78 Å². The first-order valence-electron chi connectivity index (χ1n) is 5.56. The molecule has 0 amide bonds. The Kier molecular flexibility index (Phi) is 2.42. The number of aromatic amines is 1. The molecule has 0 aliphatic carbocycles. The maximum absolute atomic E-state index is 12.3. The third-order valence-corrected chi connectivity index (χ3v) is 2.83. The topological polar surface area (TPSA) is 88.0 Å². The van der Waals surface area contributed by atoms with Crippen molar-refractivity contribution in [2.24, 2.45) is 0 Å². The summed E-state index contributed by atoms with van der Waals surface area (Å²) in [5, 5.41) is 9.85. The van der Waals surface area contributed by atoms with Gasteiger partial charge < -0.3 is 10.1 Å². The quantitative estimate of drug-likeness (QED) is 0.672. The summed E-state index contributed by atoms with van der Waals surface area (Å²) in [6, 6.07) is 7.61. The molecule has 0 aliphatic heterocycles. The minimum atomic E-state index is -0.567. The van der Waals surface area contributed by atoms with Gasteiger partial charge in [0.15, 0.2) is 0 Å². The highest BCUT2D eigenvalue weighted by molar-refractivity contribution is 5.83. The number of phenols is 1. The number of hydrogen-bond acceptors (Lipinski definition) is 4. The molecule has 0 saturated carbocycles. The molecule has 1 aromatic carbocycles. The fourth-order valence-corrected chi connectivity index (χ4v) is 1.97. The normalized spacial score (nSPS) is 10.7. The van der Waals surface area contributed by atoms with E-state index in [1.165, 1.54) is 18.5 Å². The van der Waals surface area contributed by atoms with Crippen molar-refractivity contribution in [1.82, 2.24) is 14.5 Å². The van der Waals surface area contributed by atoms with Crippen LogP contribution in [-0.2, 0) is 0 Å². The van der Waals surface area contributed by atoms with E-state index in [1.807, 2.05) is 0 Å². The van der Waals surface area contributed by atoms with Gasteiger partial charge in [0.05, 0.1) is 11.2 Å². The Morgan fingerprint density at radius 3 is 2.58 bits per heavy atom. The van der Waals surface area contributed by atoms with Gasteiger partial charge in [0.2, 0.25) is 0 Å². The molecule has 0 saturated heterocycles. The van der Waals surface area contributed by atoms with Gasteiger partial charge in [-0.15, -0.1) is 0 Å². The molecule has 3 rings (SSSR count). The predicted octanol–water partition coefficient (Wildman–Crippen LogP) is 0.780. The van der Waals surface area contributed by atoms with Crippen molar-refractivity contribution >= 4 is 10.9 Å². The van der Waals surface area contributed by atoms with E-state index in [9.17, 15) is 14.7 Å². The summed E-state index contributed by atoms with van der Waals surface area (Å²) in [5.41, 5.74) is -0.427. The molecule has 0 unspecified atom stereocenters. The molecule has 0 aliphatic rings. The van der Waals surface area contributed by atoms with Crippen LogP contribution in [0.1, 0.15) is 0 Å². The van der Waals surface area contributed by atoms with Gasteiger partial charge in [0.25, 0.3) is 5.56 Å². The predicted molar refractivity (Wildman–Crippen MR) is 69.6 cm³/mol. The summed E-state index contributed by atoms with van der Waals surface area (Å²) in [6.45, 7) is 0. The average molecular weight is 255 g/mol. The Hall–Kier alpha value is -2.89. The minimum Gasteiger partial charge on any atom is -0.507 e. The number of aromatic hydroxyl groups is 1. The number of nitrogens with one attached hydrogen (secondary N) is 1. The van der Waals surface area contributed by atoms with Crippen molar-refractivity contribution in [3.63, 3.8) is 0 Å². The Balaban J connectivity index is 2.49. The van der Waals surface area contributed by atoms with Crippen LogP contribution in [0.15, 0.2) is 52.3 Å². The maximum atomic E-state index is 12.3. The Bertz CT molecular complexity index is 866. The van der Waals surface area contributed by atoms with E-state index in [4.69, 9.17) is 0 Å². The van der Waals surface area contributed by atoms with Crippen LogP contribution in [0, 0.1) is 0 Å². The minimum absolute atomic E-state index is 0.0823. The number of phenolic OH excluding ortho intramolecular Hbond substituents is 1. The molecule has 2 heterocycles. The molecule has 94 valence electrons. The van der Waals surface area contributed by atoms with E-state index in [0.29, 0.717) is 11.2 Å². The summed E-state index contributed by atoms with van der Waals surface area (Å²) in [7, 11) is 0. The van der Waals surface area contributed by atoms with Gasteiger partial charge in [0, 0.05) is 12.4 Å². The third-order valence-electron chi connectivity index (χ3n) is 2.83. The highest BCUT2D eigenvalue weighted by Crippen LogP contribution is 2.18. The number of nitrogens with zero attached hydrogens (tertiary/aromatic N) is 2. The summed E-state index contributed by atoms with van der Waals surface area (Å²) >= 11 is 0. The summed E-state index contributed by atoms with van der Waals surface area (Å²) in [5.74, 6) is -0.165. The van der Waals surface area contributed by atoms with Crippen LogP contribution >= 0.6 is 0 Å². The summed E-state index contributed by atoms with van der Waals surface area (Å²) in [4.78, 5) is 30.7. The van der Waals surface area contributed by atoms with Crippen molar-refractivity contribution in [3.05, 3.63) is 63.6 Å². The average Bonchev–Trinajstić information content (AvgIpc) is 2.39. The number of rotatable bonds is 1. The largest absolute Gasteiger partial charge is 0.507 e. The second-order valence-corrected chi connectivity index (χ2v) is 3.98. The monoisotopic (exact) mass is 255 g/mol. The molecule has 2 N–H and O–H groups in total. The van der Waals surface area contributed by atoms with Crippen LogP contribution in [0.25, 0.3) is 16.6 Å². The zero-order valence-electron chi connectivity index (χ0n) is 9.70. The molecule has 0 atom stereocenters. The second kappa shape index (κ2) is 4.09. The third kappa shape index (κ3) is 1.70. The van der Waals surface area contributed by atoms with Crippen LogP contribution in [0.2, 0.25) is 0 Å². The van der Waals surface area contributed by atoms with E-state index >= 15 is 0 Å². The molecular weight excluding hydrogens is 246 g/mol. The smallest absolute Gasteiger partial charge is 0.333 e. The van der Waals surface area contributed by atoms with E-state index in [2.05, 4.69) is 9.97 Å². The molecule has 0 radical (unpaired) electrons. The Morgan fingerprint density at radius 2 is 1.84 bits per heavy atom. The fourth-order valence-electron chi connectivity index (χ4n) is 1.97. The van der Waals surface area contributed by atoms with Crippen molar-refractivity contribution < 1.29 is 5.11 Å². The molecule has 19 heavy (non-hydrogen) atoms. The van der Waals surface area contributed by atoms with Gasteiger partial charge in [-0.1, -0.05) is 6.07 Å². The van der Waals surface area contributed by atoms with Crippen LogP contribution in [0.3, 0.4) is 0 Å². The van der Waals surface area contributed by atoms with Gasteiger partial charge >= 0.3 is 5.69 Å². The van der Waals surface area contributed by atoms with E-state index in [1.54, 1.807) is 24.3 Å². The number of aromatic nitrogens is 3. The molecule has 2 aromatic heterocycles. The molecular formula is C13H9N3O3. The highest BCUT2D eigenvalue weighted by atomic mass is 16.3. The number of fused-ring (bicyclic) bond motifs is 1. The lowest BCUT2D eigenvalue weighted by atomic mass is 10.2.